The van der Waals surface area contributed by atoms with Crippen molar-refractivity contribution in [2.24, 2.45) is 0 Å². The maximum atomic E-state index is 12.1. The number of amides is 1. The Morgan fingerprint density at radius 3 is 2.26 bits per heavy atom. The summed E-state index contributed by atoms with van der Waals surface area (Å²) in [6, 6.07) is 10.1. The van der Waals surface area contributed by atoms with E-state index in [4.69, 9.17) is 27.9 Å². The van der Waals surface area contributed by atoms with Crippen LogP contribution in [-0.2, 0) is 9.53 Å². The lowest BCUT2D eigenvalue weighted by Crippen LogP contribution is -2.34. The van der Waals surface area contributed by atoms with Crippen molar-refractivity contribution >= 4 is 46.7 Å². The molecule has 0 spiro atoms. The number of carbonyl (C=O) groups is 1. The predicted octanol–water partition coefficient (Wildman–Crippen LogP) is 5.32. The summed E-state index contributed by atoms with van der Waals surface area (Å²) in [6.45, 7) is 14.3. The zero-order valence-electron chi connectivity index (χ0n) is 20.9. The normalized spacial score (nSPS) is 10.3. The van der Waals surface area contributed by atoms with Gasteiger partial charge in [-0.3, -0.25) is 4.79 Å². The highest BCUT2D eigenvalue weighted by Gasteiger charge is 2.19. The van der Waals surface area contributed by atoms with E-state index in [2.05, 4.69) is 25.6 Å². The molecular weight excluding hydrogens is 475 g/mol. The van der Waals surface area contributed by atoms with E-state index in [0.717, 1.165) is 23.4 Å². The second-order valence-electron chi connectivity index (χ2n) is 7.67. The van der Waals surface area contributed by atoms with Gasteiger partial charge in [0.05, 0.1) is 6.61 Å². The van der Waals surface area contributed by atoms with Gasteiger partial charge in [0.1, 0.15) is 5.88 Å². The van der Waals surface area contributed by atoms with Gasteiger partial charge in [-0.1, -0.05) is 35.9 Å². The van der Waals surface area contributed by atoms with E-state index in [1.165, 1.54) is 0 Å². The molecule has 2 rings (SSSR count). The molecule has 0 bridgehead atoms. The van der Waals surface area contributed by atoms with Crippen molar-refractivity contribution in [1.29, 1.82) is 0 Å². The van der Waals surface area contributed by atoms with Gasteiger partial charge in [0.2, 0.25) is 23.1 Å². The molecule has 0 saturated heterocycles. The first-order chi connectivity index (χ1) is 16.2. The number of halogens is 2. The van der Waals surface area contributed by atoms with E-state index in [9.17, 15) is 4.79 Å². The second-order valence-corrected chi connectivity index (χ2v) is 8.28. The Morgan fingerprint density at radius 2 is 1.74 bits per heavy atom. The van der Waals surface area contributed by atoms with Gasteiger partial charge in [0, 0.05) is 31.4 Å². The first-order valence-corrected chi connectivity index (χ1v) is 12.2. The quantitative estimate of drug-likeness (QED) is 0.312. The van der Waals surface area contributed by atoms with Gasteiger partial charge in [-0.05, 0) is 58.7 Å². The lowest BCUT2D eigenvalue weighted by atomic mass is 10.1. The number of alkyl halides is 1. The monoisotopic (exact) mass is 510 g/mol. The highest BCUT2D eigenvalue weighted by Crippen LogP contribution is 2.23. The molecule has 188 valence electrons. The molecule has 2 N–H and O–H groups in total. The molecule has 1 aromatic carbocycles. The molecular formula is C24H36Cl2N6O2. The Hall–Kier alpha value is -2.42. The number of allylic oxidation sites excluding steroid dienone is 1. The van der Waals surface area contributed by atoms with E-state index in [0.29, 0.717) is 31.7 Å². The molecule has 10 heteroatoms. The molecule has 8 nitrogen and oxygen atoms in total. The van der Waals surface area contributed by atoms with Crippen LogP contribution in [0.5, 0.6) is 0 Å². The largest absolute Gasteiger partial charge is 0.380 e. The third-order valence-corrected chi connectivity index (χ3v) is 4.63. The van der Waals surface area contributed by atoms with Crippen molar-refractivity contribution in [3.8, 4) is 0 Å². The average molecular weight is 511 g/mol. The van der Waals surface area contributed by atoms with Crippen LogP contribution in [0.1, 0.15) is 47.1 Å². The van der Waals surface area contributed by atoms with Gasteiger partial charge in [-0.25, -0.2) is 0 Å². The molecule has 0 aliphatic heterocycles. The maximum absolute atomic E-state index is 12.1. The van der Waals surface area contributed by atoms with E-state index in [-0.39, 0.29) is 23.1 Å². The fourth-order valence-corrected chi connectivity index (χ4v) is 3.26. The van der Waals surface area contributed by atoms with Crippen LogP contribution >= 0.6 is 23.2 Å². The number of aromatic nitrogens is 3. The molecule has 0 aliphatic rings. The van der Waals surface area contributed by atoms with Gasteiger partial charge in [0.15, 0.2) is 0 Å². The number of carbonyl (C=O) groups excluding carboxylic acids is 1. The molecule has 34 heavy (non-hydrogen) atoms. The summed E-state index contributed by atoms with van der Waals surface area (Å²) in [7, 11) is 0. The predicted molar refractivity (Wildman–Crippen MR) is 141 cm³/mol. The summed E-state index contributed by atoms with van der Waals surface area (Å²) in [5.41, 5.74) is 3.00. The number of hydrogen-bond donors (Lipinski definition) is 2. The van der Waals surface area contributed by atoms with Crippen molar-refractivity contribution in [3.63, 3.8) is 0 Å². The Morgan fingerprint density at radius 1 is 1.09 bits per heavy atom. The van der Waals surface area contributed by atoms with Crippen LogP contribution in [-0.4, -0.2) is 64.0 Å². The number of benzene rings is 1. The molecule has 0 radical (unpaired) electrons. The van der Waals surface area contributed by atoms with Gasteiger partial charge in [0.25, 0.3) is 0 Å². The van der Waals surface area contributed by atoms with Crippen LogP contribution in [0.25, 0.3) is 5.70 Å². The summed E-state index contributed by atoms with van der Waals surface area (Å²) >= 11 is 11.5. The van der Waals surface area contributed by atoms with Crippen LogP contribution in [0, 0.1) is 0 Å². The van der Waals surface area contributed by atoms with E-state index in [1.807, 2.05) is 71.9 Å². The SMILES string of the molecule is CCNc1nc(Cl)nc(NC(C)C)n1.CCOCCN(C(=O)CCl)C(=C(C)C)c1ccccc1. The minimum absolute atomic E-state index is 0.0320. The fraction of sp³-hybridized carbons (Fsp3) is 0.500. The standard InChI is InChI=1S/C16H22ClNO2.C8H14ClN5/c1-4-20-11-10-18(15(19)12-17)16(13(2)3)14-8-6-5-7-9-14;1-4-10-7-12-6(9)13-8(14-7)11-5(2)3/h5-9H,4,10-12H2,1-3H3;5H,4H2,1-3H3,(H2,10,11,12,13,14). The summed E-state index contributed by atoms with van der Waals surface area (Å²) in [5.74, 6) is 0.855. The Kier molecular flexibility index (Phi) is 14.2. The van der Waals surface area contributed by atoms with Crippen molar-refractivity contribution in [2.45, 2.75) is 47.6 Å². The highest BCUT2D eigenvalue weighted by molar-refractivity contribution is 6.28. The van der Waals surface area contributed by atoms with E-state index in [1.54, 1.807) is 4.90 Å². The number of nitrogens with one attached hydrogen (secondary N) is 2. The average Bonchev–Trinajstić information content (AvgIpc) is 2.78. The van der Waals surface area contributed by atoms with Gasteiger partial charge in [-0.2, -0.15) is 15.0 Å². The van der Waals surface area contributed by atoms with E-state index >= 15 is 0 Å². The van der Waals surface area contributed by atoms with Gasteiger partial charge < -0.3 is 20.3 Å². The minimum Gasteiger partial charge on any atom is -0.380 e. The topological polar surface area (TPSA) is 92.3 Å². The van der Waals surface area contributed by atoms with E-state index < -0.39 is 0 Å². The third kappa shape index (κ3) is 10.7. The first-order valence-electron chi connectivity index (χ1n) is 11.3. The lowest BCUT2D eigenvalue weighted by Gasteiger charge is -2.26. The zero-order valence-corrected chi connectivity index (χ0v) is 22.4. The molecule has 1 amide bonds. The smallest absolute Gasteiger partial charge is 0.242 e. The molecule has 0 fully saturated rings. The number of anilines is 2. The Labute approximate surface area is 213 Å². The fourth-order valence-electron chi connectivity index (χ4n) is 2.95. The summed E-state index contributed by atoms with van der Waals surface area (Å²) in [6.07, 6.45) is 0. The molecule has 0 atom stereocenters. The molecule has 1 heterocycles. The molecule has 2 aromatic rings. The zero-order chi connectivity index (χ0) is 25.5. The van der Waals surface area contributed by atoms with Crippen molar-refractivity contribution in [3.05, 3.63) is 46.8 Å². The number of nitrogens with zero attached hydrogens (tertiary/aromatic N) is 4. The highest BCUT2D eigenvalue weighted by atomic mass is 35.5. The van der Waals surface area contributed by atoms with Crippen LogP contribution in [0.15, 0.2) is 35.9 Å². The summed E-state index contributed by atoms with van der Waals surface area (Å²) in [5, 5.41) is 6.23. The lowest BCUT2D eigenvalue weighted by molar-refractivity contribution is -0.125. The first kappa shape index (κ1) is 29.6. The van der Waals surface area contributed by atoms with Crippen LogP contribution in [0.2, 0.25) is 5.28 Å². The van der Waals surface area contributed by atoms with Crippen molar-refractivity contribution in [1.82, 2.24) is 19.9 Å². The van der Waals surface area contributed by atoms with Gasteiger partial charge >= 0.3 is 0 Å². The number of hydrogen-bond acceptors (Lipinski definition) is 7. The Bertz CT molecular complexity index is 906. The third-order valence-electron chi connectivity index (χ3n) is 4.23. The Balaban J connectivity index is 0.000000362. The maximum Gasteiger partial charge on any atom is 0.242 e. The molecule has 0 aliphatic carbocycles. The van der Waals surface area contributed by atoms with Crippen molar-refractivity contribution in [2.75, 3.05) is 42.8 Å². The van der Waals surface area contributed by atoms with Crippen LogP contribution in [0.4, 0.5) is 11.9 Å². The van der Waals surface area contributed by atoms with Crippen LogP contribution in [0.3, 0.4) is 0 Å². The molecule has 1 aromatic heterocycles. The minimum atomic E-state index is -0.105. The second kappa shape index (κ2) is 16.2. The number of ether oxygens (including phenoxy) is 1. The molecule has 0 unspecified atom stereocenters. The van der Waals surface area contributed by atoms with Crippen molar-refractivity contribution < 1.29 is 9.53 Å². The summed E-state index contributed by atoms with van der Waals surface area (Å²) < 4.78 is 5.36. The van der Waals surface area contributed by atoms with Crippen LogP contribution < -0.4 is 10.6 Å². The number of rotatable bonds is 11. The van der Waals surface area contributed by atoms with Gasteiger partial charge in [-0.15, -0.1) is 11.6 Å². The molecule has 0 saturated carbocycles. The summed E-state index contributed by atoms with van der Waals surface area (Å²) in [4.78, 5) is 25.9.